The number of nitrogens with zero attached hydrogens (tertiary/aromatic N) is 2. The maximum atomic E-state index is 12.5. The van der Waals surface area contributed by atoms with Crippen LogP contribution in [0.4, 0.5) is 5.69 Å². The number of carbonyl (C=O) groups excluding carboxylic acids is 1. The fourth-order valence-electron chi connectivity index (χ4n) is 2.15. The SMILES string of the molecule is CCNc1ccccc1C(=O)N(C)CCc1ccccn1. The first-order chi connectivity index (χ1) is 10.2. The summed E-state index contributed by atoms with van der Waals surface area (Å²) in [6.07, 6.45) is 2.53. The molecule has 0 fully saturated rings. The van der Waals surface area contributed by atoms with Gasteiger partial charge in [-0.15, -0.1) is 0 Å². The van der Waals surface area contributed by atoms with Crippen molar-refractivity contribution in [2.75, 3.05) is 25.5 Å². The lowest BCUT2D eigenvalue weighted by atomic mass is 10.1. The Morgan fingerprint density at radius 3 is 2.67 bits per heavy atom. The maximum absolute atomic E-state index is 12.5. The Morgan fingerprint density at radius 2 is 1.95 bits per heavy atom. The number of pyridine rings is 1. The molecule has 2 aromatic rings. The highest BCUT2D eigenvalue weighted by Gasteiger charge is 2.15. The van der Waals surface area contributed by atoms with E-state index in [1.54, 1.807) is 11.1 Å². The average molecular weight is 283 g/mol. The Balaban J connectivity index is 2.02. The van der Waals surface area contributed by atoms with Gasteiger partial charge in [0.15, 0.2) is 0 Å². The van der Waals surface area contributed by atoms with Gasteiger partial charge in [-0.1, -0.05) is 18.2 Å². The van der Waals surface area contributed by atoms with Gasteiger partial charge >= 0.3 is 0 Å². The van der Waals surface area contributed by atoms with Gasteiger partial charge < -0.3 is 10.2 Å². The maximum Gasteiger partial charge on any atom is 0.255 e. The van der Waals surface area contributed by atoms with E-state index in [-0.39, 0.29) is 5.91 Å². The van der Waals surface area contributed by atoms with Crippen molar-refractivity contribution in [1.29, 1.82) is 0 Å². The van der Waals surface area contributed by atoms with Crippen LogP contribution >= 0.6 is 0 Å². The summed E-state index contributed by atoms with van der Waals surface area (Å²) in [5.74, 6) is 0.0301. The molecule has 0 aliphatic carbocycles. The Hall–Kier alpha value is -2.36. The normalized spacial score (nSPS) is 10.2. The van der Waals surface area contributed by atoms with E-state index < -0.39 is 0 Å². The molecular weight excluding hydrogens is 262 g/mol. The third-order valence-electron chi connectivity index (χ3n) is 3.30. The van der Waals surface area contributed by atoms with Crippen LogP contribution < -0.4 is 5.32 Å². The second kappa shape index (κ2) is 7.43. The molecule has 1 N–H and O–H groups in total. The summed E-state index contributed by atoms with van der Waals surface area (Å²) in [6, 6.07) is 13.4. The zero-order valence-electron chi connectivity index (χ0n) is 12.5. The Morgan fingerprint density at radius 1 is 1.19 bits per heavy atom. The first-order valence-corrected chi connectivity index (χ1v) is 7.20. The van der Waals surface area contributed by atoms with E-state index >= 15 is 0 Å². The van der Waals surface area contributed by atoms with E-state index in [2.05, 4.69) is 10.3 Å². The average Bonchev–Trinajstić information content (AvgIpc) is 2.54. The van der Waals surface area contributed by atoms with Crippen LogP contribution in [0, 0.1) is 0 Å². The smallest absolute Gasteiger partial charge is 0.255 e. The molecule has 1 aromatic heterocycles. The third kappa shape index (κ3) is 4.05. The van der Waals surface area contributed by atoms with E-state index in [1.165, 1.54) is 0 Å². The Labute approximate surface area is 125 Å². The summed E-state index contributed by atoms with van der Waals surface area (Å²) in [5.41, 5.74) is 2.59. The van der Waals surface area contributed by atoms with Crippen LogP contribution in [0.5, 0.6) is 0 Å². The molecule has 1 amide bonds. The first kappa shape index (κ1) is 15.0. The van der Waals surface area contributed by atoms with Crippen molar-refractivity contribution in [3.63, 3.8) is 0 Å². The van der Waals surface area contributed by atoms with Gasteiger partial charge in [0.25, 0.3) is 5.91 Å². The number of hydrogen-bond acceptors (Lipinski definition) is 3. The Kier molecular flexibility index (Phi) is 5.32. The third-order valence-corrected chi connectivity index (χ3v) is 3.30. The number of benzene rings is 1. The van der Waals surface area contributed by atoms with Gasteiger partial charge in [0.1, 0.15) is 0 Å². The van der Waals surface area contributed by atoms with Crippen LogP contribution in [-0.2, 0) is 6.42 Å². The van der Waals surface area contributed by atoms with E-state index in [9.17, 15) is 4.79 Å². The molecule has 0 bridgehead atoms. The molecule has 1 aromatic carbocycles. The molecule has 0 atom stereocenters. The number of anilines is 1. The fraction of sp³-hybridized carbons (Fsp3) is 0.294. The van der Waals surface area contributed by atoms with Crippen LogP contribution in [0.15, 0.2) is 48.7 Å². The highest BCUT2D eigenvalue weighted by Crippen LogP contribution is 2.16. The minimum absolute atomic E-state index is 0.0301. The molecule has 0 spiro atoms. The summed E-state index contributed by atoms with van der Waals surface area (Å²) < 4.78 is 0. The number of aromatic nitrogens is 1. The number of rotatable bonds is 6. The van der Waals surface area contributed by atoms with Crippen molar-refractivity contribution < 1.29 is 4.79 Å². The summed E-state index contributed by atoms with van der Waals surface area (Å²) in [7, 11) is 1.83. The number of amides is 1. The second-order valence-electron chi connectivity index (χ2n) is 4.87. The van der Waals surface area contributed by atoms with Crippen LogP contribution in [0.25, 0.3) is 0 Å². The van der Waals surface area contributed by atoms with Crippen molar-refractivity contribution in [3.8, 4) is 0 Å². The van der Waals surface area contributed by atoms with Gasteiger partial charge in [-0.25, -0.2) is 0 Å². The molecule has 0 aliphatic rings. The molecule has 4 heteroatoms. The number of para-hydroxylation sites is 1. The topological polar surface area (TPSA) is 45.2 Å². The van der Waals surface area contributed by atoms with Gasteiger partial charge in [0.2, 0.25) is 0 Å². The van der Waals surface area contributed by atoms with Crippen LogP contribution in [0.1, 0.15) is 23.0 Å². The standard InChI is InChI=1S/C17H21N3O/c1-3-18-16-10-5-4-9-15(16)17(21)20(2)13-11-14-8-6-7-12-19-14/h4-10,12,18H,3,11,13H2,1-2H3. The number of hydrogen-bond donors (Lipinski definition) is 1. The summed E-state index contributed by atoms with van der Waals surface area (Å²) in [4.78, 5) is 18.5. The molecule has 0 radical (unpaired) electrons. The summed E-state index contributed by atoms with van der Waals surface area (Å²) in [5, 5.41) is 3.23. The highest BCUT2D eigenvalue weighted by molar-refractivity contribution is 5.99. The largest absolute Gasteiger partial charge is 0.385 e. The molecular formula is C17H21N3O. The zero-order chi connectivity index (χ0) is 15.1. The lowest BCUT2D eigenvalue weighted by Gasteiger charge is -2.19. The Bertz CT molecular complexity index is 584. The fourth-order valence-corrected chi connectivity index (χ4v) is 2.15. The van der Waals surface area contributed by atoms with Crippen molar-refractivity contribution in [2.45, 2.75) is 13.3 Å². The quantitative estimate of drug-likeness (QED) is 0.886. The van der Waals surface area contributed by atoms with Gasteiger partial charge in [-0.3, -0.25) is 9.78 Å². The van der Waals surface area contributed by atoms with E-state index in [0.717, 1.165) is 24.3 Å². The van der Waals surface area contributed by atoms with E-state index in [1.807, 2.05) is 56.4 Å². The second-order valence-corrected chi connectivity index (χ2v) is 4.87. The predicted molar refractivity (Wildman–Crippen MR) is 85.5 cm³/mol. The summed E-state index contributed by atoms with van der Waals surface area (Å²) >= 11 is 0. The molecule has 0 saturated heterocycles. The molecule has 0 saturated carbocycles. The molecule has 110 valence electrons. The zero-order valence-corrected chi connectivity index (χ0v) is 12.5. The van der Waals surface area contributed by atoms with Crippen molar-refractivity contribution in [2.24, 2.45) is 0 Å². The van der Waals surface area contributed by atoms with Gasteiger partial charge in [0, 0.05) is 44.1 Å². The van der Waals surface area contributed by atoms with Crippen LogP contribution in [0.3, 0.4) is 0 Å². The minimum Gasteiger partial charge on any atom is -0.385 e. The van der Waals surface area contributed by atoms with Crippen LogP contribution in [-0.4, -0.2) is 35.9 Å². The first-order valence-electron chi connectivity index (χ1n) is 7.20. The van der Waals surface area contributed by atoms with Crippen LogP contribution in [0.2, 0.25) is 0 Å². The number of nitrogens with one attached hydrogen (secondary N) is 1. The number of carbonyl (C=O) groups is 1. The summed E-state index contributed by atoms with van der Waals surface area (Å²) in [6.45, 7) is 3.46. The predicted octanol–water partition coefficient (Wildman–Crippen LogP) is 2.83. The number of likely N-dealkylation sites (N-methyl/N-ethyl adjacent to an activating group) is 1. The molecule has 21 heavy (non-hydrogen) atoms. The lowest BCUT2D eigenvalue weighted by Crippen LogP contribution is -2.29. The molecule has 0 unspecified atom stereocenters. The van der Waals surface area contributed by atoms with Gasteiger partial charge in [0.05, 0.1) is 5.56 Å². The lowest BCUT2D eigenvalue weighted by molar-refractivity contribution is 0.0797. The van der Waals surface area contributed by atoms with Crippen molar-refractivity contribution in [1.82, 2.24) is 9.88 Å². The highest BCUT2D eigenvalue weighted by atomic mass is 16.2. The molecule has 0 aliphatic heterocycles. The molecule has 1 heterocycles. The van der Waals surface area contributed by atoms with E-state index in [4.69, 9.17) is 0 Å². The molecule has 2 rings (SSSR count). The van der Waals surface area contributed by atoms with Gasteiger partial charge in [-0.2, -0.15) is 0 Å². The van der Waals surface area contributed by atoms with Gasteiger partial charge in [-0.05, 0) is 31.2 Å². The van der Waals surface area contributed by atoms with E-state index in [0.29, 0.717) is 12.1 Å². The minimum atomic E-state index is 0.0301. The van der Waals surface area contributed by atoms with Crippen molar-refractivity contribution >= 4 is 11.6 Å². The molecule has 4 nitrogen and oxygen atoms in total. The monoisotopic (exact) mass is 283 g/mol. The van der Waals surface area contributed by atoms with Crippen molar-refractivity contribution in [3.05, 3.63) is 59.9 Å².